The number of hydrogen-bond acceptors (Lipinski definition) is 6. The highest BCUT2D eigenvalue weighted by molar-refractivity contribution is 5.92. The van der Waals surface area contributed by atoms with Crippen LogP contribution in [0.15, 0.2) is 0 Å². The van der Waals surface area contributed by atoms with Crippen molar-refractivity contribution in [2.45, 2.75) is 71.5 Å². The Bertz CT molecular complexity index is 623. The Balaban J connectivity index is 4.85. The van der Waals surface area contributed by atoms with Crippen molar-refractivity contribution in [2.75, 3.05) is 6.54 Å². The third-order valence-electron chi connectivity index (χ3n) is 4.14. The number of aliphatic carboxylic acids is 1. The van der Waals surface area contributed by atoms with E-state index in [1.807, 2.05) is 27.7 Å². The second-order valence-electron chi connectivity index (χ2n) is 8.11. The third kappa shape index (κ3) is 12.0. The van der Waals surface area contributed by atoms with Gasteiger partial charge in [0.1, 0.15) is 12.1 Å². The summed E-state index contributed by atoms with van der Waals surface area (Å²) in [7, 11) is 0. The standard InChI is InChI=1S/C19H35N5O6/c1-10(2)7-13(18(28)24-14(19(29)30)8-11(3)4)23-16(26)9-22-17(27)12(20)5-6-15(21)25/h10-14H,5-9,20H2,1-4H3,(H2,21,25)(H,22,27)(H,23,26)(H,24,28)(H,29,30). The zero-order chi connectivity index (χ0) is 23.4. The summed E-state index contributed by atoms with van der Waals surface area (Å²) < 4.78 is 0. The van der Waals surface area contributed by atoms with E-state index in [9.17, 15) is 29.1 Å². The third-order valence-corrected chi connectivity index (χ3v) is 4.14. The monoisotopic (exact) mass is 429 g/mol. The molecule has 11 heteroatoms. The van der Waals surface area contributed by atoms with Gasteiger partial charge in [-0.25, -0.2) is 4.79 Å². The molecule has 8 N–H and O–H groups in total. The van der Waals surface area contributed by atoms with E-state index in [4.69, 9.17) is 11.5 Å². The van der Waals surface area contributed by atoms with Crippen LogP contribution in [0.1, 0.15) is 53.4 Å². The summed E-state index contributed by atoms with van der Waals surface area (Å²) in [5, 5.41) is 16.6. The Labute approximate surface area is 176 Å². The fourth-order valence-electron chi connectivity index (χ4n) is 2.64. The van der Waals surface area contributed by atoms with Crippen molar-refractivity contribution in [3.8, 4) is 0 Å². The molecule has 0 saturated heterocycles. The second kappa shape index (κ2) is 13.5. The van der Waals surface area contributed by atoms with Crippen LogP contribution in [0.5, 0.6) is 0 Å². The molecule has 4 amide bonds. The molecule has 3 unspecified atom stereocenters. The maximum atomic E-state index is 12.6. The molecule has 0 rings (SSSR count). The number of nitrogens with one attached hydrogen (secondary N) is 3. The summed E-state index contributed by atoms with van der Waals surface area (Å²) in [6, 6.07) is -3.01. The number of carboxylic acids is 1. The Kier molecular flexibility index (Phi) is 12.3. The molecule has 0 aliphatic carbocycles. The van der Waals surface area contributed by atoms with Crippen LogP contribution in [0.2, 0.25) is 0 Å². The first-order chi connectivity index (χ1) is 13.8. The smallest absolute Gasteiger partial charge is 0.326 e. The SMILES string of the molecule is CC(C)CC(NC(=O)C(CC(C)C)NC(=O)CNC(=O)C(N)CCC(N)=O)C(=O)O. The zero-order valence-corrected chi connectivity index (χ0v) is 18.1. The predicted molar refractivity (Wildman–Crippen MR) is 110 cm³/mol. The molecule has 0 bridgehead atoms. The van der Waals surface area contributed by atoms with Crippen molar-refractivity contribution >= 4 is 29.6 Å². The van der Waals surface area contributed by atoms with E-state index in [-0.39, 0.29) is 37.5 Å². The molecule has 0 saturated carbocycles. The van der Waals surface area contributed by atoms with Crippen LogP contribution in [0, 0.1) is 11.8 Å². The molecule has 11 nitrogen and oxygen atoms in total. The molecule has 0 aromatic heterocycles. The molecular formula is C19H35N5O6. The number of carboxylic acid groups (broad SMARTS) is 1. The first-order valence-electron chi connectivity index (χ1n) is 9.97. The van der Waals surface area contributed by atoms with Gasteiger partial charge < -0.3 is 32.5 Å². The summed E-state index contributed by atoms with van der Waals surface area (Å²) >= 11 is 0. The minimum absolute atomic E-state index is 0.0474. The van der Waals surface area contributed by atoms with Crippen molar-refractivity contribution in [3.63, 3.8) is 0 Å². The molecule has 3 atom stereocenters. The van der Waals surface area contributed by atoms with Crippen LogP contribution in [0.3, 0.4) is 0 Å². The van der Waals surface area contributed by atoms with E-state index in [1.54, 1.807) is 0 Å². The summed E-state index contributed by atoms with van der Waals surface area (Å²) in [4.78, 5) is 58.7. The lowest BCUT2D eigenvalue weighted by molar-refractivity contribution is -0.142. The van der Waals surface area contributed by atoms with Crippen molar-refractivity contribution in [1.82, 2.24) is 16.0 Å². The largest absolute Gasteiger partial charge is 0.480 e. The van der Waals surface area contributed by atoms with Crippen LogP contribution in [0.25, 0.3) is 0 Å². The van der Waals surface area contributed by atoms with E-state index in [1.165, 1.54) is 0 Å². The van der Waals surface area contributed by atoms with Gasteiger partial charge in [-0.2, -0.15) is 0 Å². The lowest BCUT2D eigenvalue weighted by Crippen LogP contribution is -2.54. The van der Waals surface area contributed by atoms with E-state index in [2.05, 4.69) is 16.0 Å². The number of nitrogens with two attached hydrogens (primary N) is 2. The highest BCUT2D eigenvalue weighted by Gasteiger charge is 2.27. The lowest BCUT2D eigenvalue weighted by atomic mass is 10.0. The van der Waals surface area contributed by atoms with Crippen LogP contribution in [-0.4, -0.2) is 59.4 Å². The molecule has 172 valence electrons. The summed E-state index contributed by atoms with van der Waals surface area (Å²) in [5.74, 6) is -3.49. The van der Waals surface area contributed by atoms with Gasteiger partial charge >= 0.3 is 5.97 Å². The van der Waals surface area contributed by atoms with E-state index in [0.717, 1.165) is 0 Å². The maximum Gasteiger partial charge on any atom is 0.326 e. The number of primary amides is 1. The molecule has 0 aromatic carbocycles. The van der Waals surface area contributed by atoms with Gasteiger partial charge in [0.15, 0.2) is 0 Å². The average molecular weight is 430 g/mol. The topological polar surface area (TPSA) is 194 Å². The first kappa shape index (κ1) is 27.3. The fraction of sp³-hybridized carbons (Fsp3) is 0.737. The molecule has 0 fully saturated rings. The molecular weight excluding hydrogens is 394 g/mol. The van der Waals surface area contributed by atoms with Crippen LogP contribution in [0.4, 0.5) is 0 Å². The average Bonchev–Trinajstić information content (AvgIpc) is 2.61. The van der Waals surface area contributed by atoms with Gasteiger partial charge in [-0.3, -0.25) is 19.2 Å². The molecule has 0 aliphatic rings. The Morgan fingerprint density at radius 3 is 1.87 bits per heavy atom. The van der Waals surface area contributed by atoms with Crippen molar-refractivity contribution in [2.24, 2.45) is 23.3 Å². The molecule has 0 heterocycles. The summed E-state index contributed by atoms with van der Waals surface area (Å²) in [6.07, 6.45) is 0.534. The quantitative estimate of drug-likeness (QED) is 0.200. The van der Waals surface area contributed by atoms with Crippen molar-refractivity contribution in [3.05, 3.63) is 0 Å². The molecule has 30 heavy (non-hydrogen) atoms. The van der Waals surface area contributed by atoms with E-state index < -0.39 is 54.3 Å². The van der Waals surface area contributed by atoms with Gasteiger partial charge in [0.05, 0.1) is 12.6 Å². The Morgan fingerprint density at radius 2 is 1.40 bits per heavy atom. The van der Waals surface area contributed by atoms with Gasteiger partial charge in [0.2, 0.25) is 23.6 Å². The van der Waals surface area contributed by atoms with E-state index >= 15 is 0 Å². The van der Waals surface area contributed by atoms with Crippen LogP contribution >= 0.6 is 0 Å². The number of carbonyl (C=O) groups excluding carboxylic acids is 4. The van der Waals surface area contributed by atoms with Crippen molar-refractivity contribution < 1.29 is 29.1 Å². The predicted octanol–water partition coefficient (Wildman–Crippen LogP) is -1.16. The highest BCUT2D eigenvalue weighted by atomic mass is 16.4. The number of rotatable bonds is 14. The van der Waals surface area contributed by atoms with Gasteiger partial charge in [-0.1, -0.05) is 27.7 Å². The van der Waals surface area contributed by atoms with Gasteiger partial charge in [-0.05, 0) is 31.1 Å². The molecule has 0 radical (unpaired) electrons. The van der Waals surface area contributed by atoms with Gasteiger partial charge in [-0.15, -0.1) is 0 Å². The van der Waals surface area contributed by atoms with Crippen molar-refractivity contribution in [1.29, 1.82) is 0 Å². The Hall–Kier alpha value is -2.69. The highest BCUT2D eigenvalue weighted by Crippen LogP contribution is 2.08. The minimum atomic E-state index is -1.15. The zero-order valence-electron chi connectivity index (χ0n) is 18.1. The molecule has 0 aromatic rings. The van der Waals surface area contributed by atoms with Gasteiger partial charge in [0, 0.05) is 6.42 Å². The Morgan fingerprint density at radius 1 is 0.867 bits per heavy atom. The summed E-state index contributed by atoms with van der Waals surface area (Å²) in [6.45, 7) is 6.97. The van der Waals surface area contributed by atoms with Crippen LogP contribution in [-0.2, 0) is 24.0 Å². The number of hydrogen-bond donors (Lipinski definition) is 6. The number of amides is 4. The second-order valence-corrected chi connectivity index (χ2v) is 8.11. The maximum absolute atomic E-state index is 12.6. The van der Waals surface area contributed by atoms with Crippen LogP contribution < -0.4 is 27.4 Å². The lowest BCUT2D eigenvalue weighted by Gasteiger charge is -2.23. The minimum Gasteiger partial charge on any atom is -0.480 e. The van der Waals surface area contributed by atoms with Gasteiger partial charge in [0.25, 0.3) is 0 Å². The fourth-order valence-corrected chi connectivity index (χ4v) is 2.64. The normalized spacial score (nSPS) is 14.0. The summed E-state index contributed by atoms with van der Waals surface area (Å²) in [5.41, 5.74) is 10.6. The number of carbonyl (C=O) groups is 5. The first-order valence-corrected chi connectivity index (χ1v) is 9.97. The molecule has 0 spiro atoms. The van der Waals surface area contributed by atoms with E-state index in [0.29, 0.717) is 0 Å². The molecule has 0 aliphatic heterocycles.